The van der Waals surface area contributed by atoms with Crippen LogP contribution in [0, 0.1) is 6.92 Å². The Morgan fingerprint density at radius 2 is 1.51 bits per heavy atom. The Hall–Kier alpha value is -4.08. The van der Waals surface area contributed by atoms with Crippen molar-refractivity contribution in [1.29, 1.82) is 0 Å². The van der Waals surface area contributed by atoms with Crippen molar-refractivity contribution < 1.29 is 60.7 Å². The molecule has 0 amide bonds. The van der Waals surface area contributed by atoms with Gasteiger partial charge in [0.15, 0.2) is 9.84 Å². The number of carbonyl (C=O) groups excluding carboxylic acids is 3. The number of hydrogen-bond donors (Lipinski definition) is 0. The molecule has 0 aromatic heterocycles. The molecule has 282 valence electrons. The van der Waals surface area contributed by atoms with E-state index < -0.39 is 52.2 Å². The van der Waals surface area contributed by atoms with Crippen LogP contribution >= 0.6 is 0 Å². The zero-order valence-corrected chi connectivity index (χ0v) is 30.9. The predicted molar refractivity (Wildman–Crippen MR) is 188 cm³/mol. The van der Waals surface area contributed by atoms with Crippen LogP contribution in [-0.4, -0.2) is 97.3 Å². The normalized spacial score (nSPS) is 14.2. The molecule has 2 aromatic rings. The molecular weight excluding hydrogens is 684 g/mol. The molecule has 0 aliphatic rings. The molecule has 0 saturated carbocycles. The molecule has 13 nitrogen and oxygen atoms in total. The third kappa shape index (κ3) is 18.1. The van der Waals surface area contributed by atoms with Crippen molar-refractivity contribution in [1.82, 2.24) is 0 Å². The van der Waals surface area contributed by atoms with Gasteiger partial charge in [0.1, 0.15) is 37.5 Å². The molecule has 0 bridgehead atoms. The number of sulfone groups is 1. The minimum atomic E-state index is -3.59. The number of esters is 3. The number of rotatable bonds is 24. The molecule has 0 N–H and O–H groups in total. The zero-order chi connectivity index (χ0) is 37.6. The minimum absolute atomic E-state index is 0.00547. The first-order valence-corrected chi connectivity index (χ1v) is 18.1. The molecule has 51 heavy (non-hydrogen) atoms. The Kier molecular flexibility index (Phi) is 19.8. The fraction of sp³-hybridized carbons (Fsp3) is 0.486. The minimum Gasteiger partial charge on any atom is -0.497 e. The highest BCUT2D eigenvalue weighted by Crippen LogP contribution is 2.16. The van der Waals surface area contributed by atoms with Gasteiger partial charge in [0, 0.05) is 25.7 Å². The molecule has 0 fully saturated rings. The average Bonchev–Trinajstić information content (AvgIpc) is 3.08. The average molecular weight is 735 g/mol. The number of aryl methyl sites for hydroxylation is 1. The Labute approximate surface area is 300 Å². The summed E-state index contributed by atoms with van der Waals surface area (Å²) >= 11 is 0. The van der Waals surface area contributed by atoms with Crippen molar-refractivity contribution >= 4 is 27.7 Å². The fourth-order valence-electron chi connectivity index (χ4n) is 4.22. The van der Waals surface area contributed by atoms with Crippen LogP contribution in [-0.2, 0) is 64.0 Å². The highest BCUT2D eigenvalue weighted by molar-refractivity contribution is 7.91. The number of ether oxygens (including phenoxy) is 8. The van der Waals surface area contributed by atoms with Crippen LogP contribution in [0.5, 0.6) is 5.75 Å². The van der Waals surface area contributed by atoms with Crippen LogP contribution in [0.25, 0.3) is 0 Å². The van der Waals surface area contributed by atoms with E-state index in [0.29, 0.717) is 19.0 Å². The molecular formula is C37H50O13S. The maximum absolute atomic E-state index is 12.6. The highest BCUT2D eigenvalue weighted by atomic mass is 32.2. The molecule has 0 radical (unpaired) electrons. The lowest BCUT2D eigenvalue weighted by Gasteiger charge is -2.23. The molecule has 0 spiro atoms. The van der Waals surface area contributed by atoms with E-state index in [1.54, 1.807) is 59.3 Å². The molecule has 14 heteroatoms. The Bertz CT molecular complexity index is 1500. The smallest absolute Gasteiger partial charge is 0.330 e. The van der Waals surface area contributed by atoms with E-state index in [1.165, 1.54) is 30.4 Å². The van der Waals surface area contributed by atoms with E-state index in [2.05, 4.69) is 0 Å². The summed E-state index contributed by atoms with van der Waals surface area (Å²) in [4.78, 5) is 37.5. The maximum Gasteiger partial charge on any atom is 0.330 e. The molecule has 0 aliphatic carbocycles. The monoisotopic (exact) mass is 734 g/mol. The van der Waals surface area contributed by atoms with Gasteiger partial charge < -0.3 is 37.9 Å². The summed E-state index contributed by atoms with van der Waals surface area (Å²) in [6, 6.07) is 13.7. The van der Waals surface area contributed by atoms with Gasteiger partial charge in [0.25, 0.3) is 0 Å². The highest BCUT2D eigenvalue weighted by Gasteiger charge is 2.22. The second-order valence-electron chi connectivity index (χ2n) is 11.6. The molecule has 0 saturated heterocycles. The quantitative estimate of drug-likeness (QED) is 0.0481. The van der Waals surface area contributed by atoms with E-state index in [9.17, 15) is 22.8 Å². The van der Waals surface area contributed by atoms with Crippen LogP contribution in [0.1, 0.15) is 44.7 Å². The standard InChI is InChI=1S/C37H50O13S/c1-27-10-16-33(17-11-27)51(41,42)23-22-46-35(38)9-7-8-28(2)49-36(39)19-18-34(47-25-31-12-14-32(44-6)15-13-31)30(4)50-37(40)24-29(3)48-26-45-21-20-43-5/h7,9-19,28-30,34H,8,20-26H2,1-6H3/b9-7+,19-18+/t28-,29+,30-,34+/m0/s1. The van der Waals surface area contributed by atoms with Gasteiger partial charge in [0.05, 0.1) is 50.1 Å². The summed E-state index contributed by atoms with van der Waals surface area (Å²) < 4.78 is 67.7. The van der Waals surface area contributed by atoms with Crippen molar-refractivity contribution in [3.05, 3.63) is 84.0 Å². The second kappa shape index (κ2) is 23.4. The van der Waals surface area contributed by atoms with Gasteiger partial charge in [-0.15, -0.1) is 0 Å². The third-order valence-corrected chi connectivity index (χ3v) is 8.84. The van der Waals surface area contributed by atoms with E-state index in [1.807, 2.05) is 19.1 Å². The lowest BCUT2D eigenvalue weighted by Crippen LogP contribution is -2.31. The van der Waals surface area contributed by atoms with E-state index in [-0.39, 0.29) is 43.5 Å². The number of carbonyl (C=O) groups is 3. The topological polar surface area (TPSA) is 159 Å². The van der Waals surface area contributed by atoms with Gasteiger partial charge in [-0.05, 0) is 63.6 Å². The van der Waals surface area contributed by atoms with Gasteiger partial charge in [-0.1, -0.05) is 35.9 Å². The third-order valence-electron chi connectivity index (χ3n) is 7.14. The van der Waals surface area contributed by atoms with Crippen molar-refractivity contribution in [2.75, 3.05) is 46.6 Å². The summed E-state index contributed by atoms with van der Waals surface area (Å²) in [5.41, 5.74) is 1.76. The lowest BCUT2D eigenvalue weighted by molar-refractivity contribution is -0.160. The van der Waals surface area contributed by atoms with Gasteiger partial charge in [-0.2, -0.15) is 0 Å². The van der Waals surface area contributed by atoms with Crippen LogP contribution in [0.3, 0.4) is 0 Å². The van der Waals surface area contributed by atoms with E-state index in [4.69, 9.17) is 37.9 Å². The van der Waals surface area contributed by atoms with Gasteiger partial charge in [0.2, 0.25) is 0 Å². The number of hydrogen-bond acceptors (Lipinski definition) is 13. The van der Waals surface area contributed by atoms with E-state index in [0.717, 1.165) is 17.2 Å². The van der Waals surface area contributed by atoms with Crippen LogP contribution in [0.2, 0.25) is 0 Å². The molecule has 2 rings (SSSR count). The first-order chi connectivity index (χ1) is 24.3. The molecule has 0 aliphatic heterocycles. The van der Waals surface area contributed by atoms with Crippen LogP contribution in [0.15, 0.2) is 77.7 Å². The molecule has 4 atom stereocenters. The summed E-state index contributed by atoms with van der Waals surface area (Å²) in [7, 11) is -0.458. The largest absolute Gasteiger partial charge is 0.497 e. The second-order valence-corrected chi connectivity index (χ2v) is 13.7. The zero-order valence-electron chi connectivity index (χ0n) is 30.1. The molecule has 0 unspecified atom stereocenters. The Morgan fingerprint density at radius 3 is 2.18 bits per heavy atom. The van der Waals surface area contributed by atoms with Crippen molar-refractivity contribution in [3.63, 3.8) is 0 Å². The molecule has 0 heterocycles. The van der Waals surface area contributed by atoms with Gasteiger partial charge in [-0.3, -0.25) is 4.79 Å². The Morgan fingerprint density at radius 1 is 0.804 bits per heavy atom. The maximum atomic E-state index is 12.6. The van der Waals surface area contributed by atoms with Crippen molar-refractivity contribution in [2.24, 2.45) is 0 Å². The predicted octanol–water partition coefficient (Wildman–Crippen LogP) is 4.69. The van der Waals surface area contributed by atoms with Crippen LogP contribution < -0.4 is 4.74 Å². The first kappa shape index (κ1) is 43.1. The fourth-order valence-corrected chi connectivity index (χ4v) is 5.31. The van der Waals surface area contributed by atoms with Crippen molar-refractivity contribution in [3.8, 4) is 5.75 Å². The van der Waals surface area contributed by atoms with Crippen LogP contribution in [0.4, 0.5) is 0 Å². The summed E-state index contributed by atoms with van der Waals surface area (Å²) in [6.45, 7) is 7.51. The summed E-state index contributed by atoms with van der Waals surface area (Å²) in [6.07, 6.45) is 2.78. The van der Waals surface area contributed by atoms with Gasteiger partial charge >= 0.3 is 17.9 Å². The first-order valence-electron chi connectivity index (χ1n) is 16.5. The summed E-state index contributed by atoms with van der Waals surface area (Å²) in [5, 5.41) is 0. The number of methoxy groups -OCH3 is 2. The Balaban J connectivity index is 1.88. The molecule has 2 aromatic carbocycles. The SMILES string of the molecule is COCCOCO[C@H](C)CC(=O)O[C@@H](C)[C@@H](/C=C/C(=O)O[C@@H](C)C/C=C/C(=O)OCCS(=O)(=O)c1ccc(C)cc1)OCc1ccc(OC)cc1. The van der Waals surface area contributed by atoms with Gasteiger partial charge in [-0.25, -0.2) is 18.0 Å². The summed E-state index contributed by atoms with van der Waals surface area (Å²) in [5.74, 6) is -1.58. The number of benzene rings is 2. The van der Waals surface area contributed by atoms with E-state index >= 15 is 0 Å². The van der Waals surface area contributed by atoms with Crippen molar-refractivity contribution in [2.45, 2.75) is 76.5 Å². The lowest BCUT2D eigenvalue weighted by atomic mass is 10.2.